The first-order valence-corrected chi connectivity index (χ1v) is 11.8. The maximum atomic E-state index is 12.9. The van der Waals surface area contributed by atoms with Crippen LogP contribution in [0.4, 0.5) is 0 Å². The van der Waals surface area contributed by atoms with E-state index in [0.717, 1.165) is 25.7 Å². The Bertz CT molecular complexity index is 927. The highest BCUT2D eigenvalue weighted by Crippen LogP contribution is 2.29. The number of H-pyrrole nitrogens is 1. The fourth-order valence-electron chi connectivity index (χ4n) is 4.64. The number of nitrogens with zero attached hydrogens (tertiary/aromatic N) is 1. The fraction of sp³-hybridized carbons (Fsp3) is 0.650. The van der Waals surface area contributed by atoms with Gasteiger partial charge in [0.1, 0.15) is 5.69 Å². The molecule has 2 aliphatic rings. The summed E-state index contributed by atoms with van der Waals surface area (Å²) in [5.74, 6) is -1.15. The van der Waals surface area contributed by atoms with Crippen LogP contribution in [0, 0.1) is 13.8 Å². The summed E-state index contributed by atoms with van der Waals surface area (Å²) in [4.78, 5) is 41.7. The minimum Gasteiger partial charge on any atom is -0.451 e. The summed E-state index contributed by atoms with van der Waals surface area (Å²) in [5, 5.41) is 0. The molecule has 0 unspecified atom stereocenters. The van der Waals surface area contributed by atoms with Gasteiger partial charge in [-0.25, -0.2) is 13.2 Å². The molecular weight excluding hydrogens is 396 g/mol. The van der Waals surface area contributed by atoms with Crippen molar-refractivity contribution in [2.45, 2.75) is 65.0 Å². The van der Waals surface area contributed by atoms with E-state index < -0.39 is 22.4 Å². The highest BCUT2D eigenvalue weighted by atomic mass is 32.2. The summed E-state index contributed by atoms with van der Waals surface area (Å²) in [5.41, 5.74) is 1.70. The number of ether oxygens (including phenoxy) is 1. The summed E-state index contributed by atoms with van der Waals surface area (Å²) in [6, 6.07) is -0.355. The smallest absolute Gasteiger partial charge is 0.355 e. The number of aromatic nitrogens is 1. The Balaban J connectivity index is 1.71. The Kier molecular flexibility index (Phi) is 6.16. The van der Waals surface area contributed by atoms with E-state index in [9.17, 15) is 22.8 Å². The number of rotatable bonds is 6. The lowest BCUT2D eigenvalue weighted by molar-refractivity contribution is -0.139. The van der Waals surface area contributed by atoms with Gasteiger partial charge in [-0.05, 0) is 45.6 Å². The van der Waals surface area contributed by atoms with Gasteiger partial charge in [0.25, 0.3) is 5.91 Å². The van der Waals surface area contributed by atoms with Crippen LogP contribution in [0.25, 0.3) is 0 Å². The highest BCUT2D eigenvalue weighted by molar-refractivity contribution is 7.91. The van der Waals surface area contributed by atoms with E-state index >= 15 is 0 Å². The van der Waals surface area contributed by atoms with E-state index in [4.69, 9.17) is 4.74 Å². The largest absolute Gasteiger partial charge is 0.451 e. The lowest BCUT2D eigenvalue weighted by Gasteiger charge is -2.33. The summed E-state index contributed by atoms with van der Waals surface area (Å²) in [7, 11) is -3.13. The Morgan fingerprint density at radius 2 is 1.76 bits per heavy atom. The number of ketones is 1. The van der Waals surface area contributed by atoms with Crippen molar-refractivity contribution in [2.75, 3.05) is 18.1 Å². The summed E-state index contributed by atoms with van der Waals surface area (Å²) in [6.45, 7) is 4.34. The number of carbonyl (C=O) groups is 3. The number of sulfone groups is 1. The molecule has 0 bridgehead atoms. The van der Waals surface area contributed by atoms with Gasteiger partial charge in [-0.1, -0.05) is 12.8 Å². The summed E-state index contributed by atoms with van der Waals surface area (Å²) >= 11 is 0. The second-order valence-corrected chi connectivity index (χ2v) is 10.3. The van der Waals surface area contributed by atoms with Crippen molar-refractivity contribution in [2.24, 2.45) is 0 Å². The Morgan fingerprint density at radius 3 is 2.28 bits per heavy atom. The predicted octanol–water partition coefficient (Wildman–Crippen LogP) is 1.95. The zero-order valence-electron chi connectivity index (χ0n) is 17.1. The quantitative estimate of drug-likeness (QED) is 0.552. The average Bonchev–Trinajstić information content (AvgIpc) is 3.33. The molecule has 8 nitrogen and oxygen atoms in total. The predicted molar refractivity (Wildman–Crippen MR) is 107 cm³/mol. The maximum Gasteiger partial charge on any atom is 0.355 e. The van der Waals surface area contributed by atoms with Gasteiger partial charge in [-0.2, -0.15) is 0 Å². The number of aryl methyl sites for hydroxylation is 1. The van der Waals surface area contributed by atoms with Crippen molar-refractivity contribution in [1.82, 2.24) is 9.88 Å². The highest BCUT2D eigenvalue weighted by Gasteiger charge is 2.39. The molecule has 0 spiro atoms. The lowest BCUT2D eigenvalue weighted by atomic mass is 10.1. The molecule has 1 N–H and O–H groups in total. The molecule has 1 aromatic heterocycles. The van der Waals surface area contributed by atoms with Crippen LogP contribution < -0.4 is 0 Å². The molecule has 2 fully saturated rings. The van der Waals surface area contributed by atoms with Gasteiger partial charge >= 0.3 is 5.97 Å². The van der Waals surface area contributed by atoms with Gasteiger partial charge in [0.05, 0.1) is 11.5 Å². The molecule has 1 aliphatic carbocycles. The van der Waals surface area contributed by atoms with Gasteiger partial charge in [0.15, 0.2) is 22.2 Å². The van der Waals surface area contributed by atoms with Crippen LogP contribution in [-0.2, 0) is 19.4 Å². The minimum absolute atomic E-state index is 0.00159. The Labute approximate surface area is 170 Å². The van der Waals surface area contributed by atoms with Gasteiger partial charge in [-0.15, -0.1) is 0 Å². The van der Waals surface area contributed by atoms with E-state index in [1.165, 1.54) is 6.92 Å². The first kappa shape index (κ1) is 21.5. The van der Waals surface area contributed by atoms with Gasteiger partial charge in [-0.3, -0.25) is 9.59 Å². The van der Waals surface area contributed by atoms with Crippen molar-refractivity contribution < 1.29 is 27.5 Å². The molecule has 2 heterocycles. The van der Waals surface area contributed by atoms with Crippen molar-refractivity contribution in [3.63, 3.8) is 0 Å². The van der Waals surface area contributed by atoms with Crippen molar-refractivity contribution in [3.8, 4) is 0 Å². The molecule has 29 heavy (non-hydrogen) atoms. The van der Waals surface area contributed by atoms with E-state index in [-0.39, 0.29) is 41.0 Å². The second kappa shape index (κ2) is 8.30. The maximum absolute atomic E-state index is 12.9. The molecule has 1 saturated heterocycles. The molecule has 1 saturated carbocycles. The molecule has 3 rings (SSSR count). The van der Waals surface area contributed by atoms with Crippen molar-refractivity contribution in [3.05, 3.63) is 22.5 Å². The molecule has 1 aliphatic heterocycles. The molecule has 1 amide bonds. The SMILES string of the molecule is CC(=O)c1c(C)[nH]c(C(=O)OCC(=O)N(C2CCCC2)[C@H]2CCS(=O)(=O)C2)c1C. The fourth-order valence-corrected chi connectivity index (χ4v) is 6.35. The van der Waals surface area contributed by atoms with E-state index in [1.54, 1.807) is 18.7 Å². The molecular formula is C20H28N2O6S. The first-order valence-electron chi connectivity index (χ1n) is 9.99. The number of aromatic amines is 1. The first-order chi connectivity index (χ1) is 13.6. The third-order valence-corrected chi connectivity index (χ3v) is 7.68. The summed E-state index contributed by atoms with van der Waals surface area (Å²) < 4.78 is 29.1. The van der Waals surface area contributed by atoms with Crippen molar-refractivity contribution in [1.29, 1.82) is 0 Å². The average molecular weight is 425 g/mol. The third kappa shape index (κ3) is 4.55. The number of hydrogen-bond donors (Lipinski definition) is 1. The number of amides is 1. The molecule has 1 aromatic rings. The van der Waals surface area contributed by atoms with Crippen LogP contribution in [0.3, 0.4) is 0 Å². The van der Waals surface area contributed by atoms with E-state index in [2.05, 4.69) is 4.98 Å². The molecule has 160 valence electrons. The number of nitrogens with one attached hydrogen (secondary N) is 1. The van der Waals surface area contributed by atoms with Crippen molar-refractivity contribution >= 4 is 27.5 Å². The van der Waals surface area contributed by atoms with Gasteiger partial charge in [0, 0.05) is 23.3 Å². The van der Waals surface area contributed by atoms with Crippen LogP contribution in [0.1, 0.15) is 71.1 Å². The second-order valence-electron chi connectivity index (χ2n) is 8.05. The topological polar surface area (TPSA) is 114 Å². The number of esters is 1. The Hall–Kier alpha value is -2.16. The molecule has 0 radical (unpaired) electrons. The number of carbonyl (C=O) groups excluding carboxylic acids is 3. The monoisotopic (exact) mass is 424 g/mol. The van der Waals surface area contributed by atoms with Crippen LogP contribution in [0.5, 0.6) is 0 Å². The normalized spacial score (nSPS) is 21.3. The molecule has 0 aromatic carbocycles. The molecule has 9 heteroatoms. The Morgan fingerprint density at radius 1 is 1.10 bits per heavy atom. The van der Waals surface area contributed by atoms with Crippen LogP contribution in [0.2, 0.25) is 0 Å². The van der Waals surface area contributed by atoms with Crippen LogP contribution in [0.15, 0.2) is 0 Å². The standard InChI is InChI=1S/C20H28N2O6S/c1-12-18(14(3)23)13(2)21-19(12)20(25)28-10-17(24)22(15-6-4-5-7-15)16-8-9-29(26,27)11-16/h15-16,21H,4-11H2,1-3H3/t16-/m0/s1. The molecule has 1 atom stereocenters. The van der Waals surface area contributed by atoms with Gasteiger partial charge in [0.2, 0.25) is 0 Å². The number of Topliss-reactive ketones (excluding diaryl/α,β-unsaturated/α-hetero) is 1. The lowest BCUT2D eigenvalue weighted by Crippen LogP contribution is -2.48. The minimum atomic E-state index is -3.13. The summed E-state index contributed by atoms with van der Waals surface area (Å²) in [6.07, 6.45) is 4.11. The zero-order valence-corrected chi connectivity index (χ0v) is 17.9. The third-order valence-electron chi connectivity index (χ3n) is 5.93. The van der Waals surface area contributed by atoms with E-state index in [1.807, 2.05) is 0 Å². The zero-order chi connectivity index (χ0) is 21.3. The van der Waals surface area contributed by atoms with Crippen LogP contribution in [-0.4, -0.2) is 66.2 Å². The van der Waals surface area contributed by atoms with E-state index in [0.29, 0.717) is 23.2 Å². The van der Waals surface area contributed by atoms with Gasteiger partial charge < -0.3 is 14.6 Å². The van der Waals surface area contributed by atoms with Crippen LogP contribution >= 0.6 is 0 Å². The number of hydrogen-bond acceptors (Lipinski definition) is 6.